The highest BCUT2D eigenvalue weighted by Crippen LogP contribution is 2.30. The molecule has 0 spiro atoms. The van der Waals surface area contributed by atoms with Crippen molar-refractivity contribution in [2.45, 2.75) is 13.8 Å². The number of pyridine rings is 1. The van der Waals surface area contributed by atoms with Gasteiger partial charge in [0, 0.05) is 23.8 Å². The van der Waals surface area contributed by atoms with E-state index >= 15 is 0 Å². The zero-order chi connectivity index (χ0) is 11.0. The van der Waals surface area contributed by atoms with E-state index in [0.29, 0.717) is 0 Å². The van der Waals surface area contributed by atoms with Crippen molar-refractivity contribution < 1.29 is 0 Å². The van der Waals surface area contributed by atoms with Gasteiger partial charge in [0.25, 0.3) is 0 Å². The van der Waals surface area contributed by atoms with Crippen LogP contribution in [0.15, 0.2) is 16.7 Å². The SMILES string of the molecule is CC1CN(c2ncc(Br)cc2N)CC1C. The summed E-state index contributed by atoms with van der Waals surface area (Å²) in [7, 11) is 0. The third kappa shape index (κ3) is 2.09. The summed E-state index contributed by atoms with van der Waals surface area (Å²) in [5.41, 5.74) is 6.71. The van der Waals surface area contributed by atoms with Crippen LogP contribution in [0.5, 0.6) is 0 Å². The Balaban J connectivity index is 2.24. The number of aromatic nitrogens is 1. The number of nitrogens with two attached hydrogens (primary N) is 1. The normalized spacial score (nSPS) is 25.9. The molecule has 15 heavy (non-hydrogen) atoms. The van der Waals surface area contributed by atoms with Gasteiger partial charge in [0.15, 0.2) is 5.82 Å². The molecule has 1 aliphatic heterocycles. The highest BCUT2D eigenvalue weighted by atomic mass is 79.9. The minimum Gasteiger partial charge on any atom is -0.396 e. The van der Waals surface area contributed by atoms with Crippen LogP contribution in [0, 0.1) is 11.8 Å². The van der Waals surface area contributed by atoms with Gasteiger partial charge in [-0.05, 0) is 33.8 Å². The van der Waals surface area contributed by atoms with Crippen LogP contribution in [-0.4, -0.2) is 18.1 Å². The monoisotopic (exact) mass is 269 g/mol. The van der Waals surface area contributed by atoms with E-state index in [1.54, 1.807) is 6.20 Å². The molecule has 2 atom stereocenters. The van der Waals surface area contributed by atoms with Crippen LogP contribution in [-0.2, 0) is 0 Å². The molecule has 2 rings (SSSR count). The number of hydrogen-bond donors (Lipinski definition) is 1. The number of nitrogens with zero attached hydrogens (tertiary/aromatic N) is 2. The van der Waals surface area contributed by atoms with Crippen LogP contribution >= 0.6 is 15.9 Å². The fourth-order valence-corrected chi connectivity index (χ4v) is 2.36. The molecule has 2 unspecified atom stereocenters. The van der Waals surface area contributed by atoms with E-state index in [9.17, 15) is 0 Å². The van der Waals surface area contributed by atoms with Crippen molar-refractivity contribution in [1.29, 1.82) is 0 Å². The first kappa shape index (κ1) is 10.7. The lowest BCUT2D eigenvalue weighted by atomic mass is 10.0. The van der Waals surface area contributed by atoms with Crippen molar-refractivity contribution >= 4 is 27.4 Å². The Bertz CT molecular complexity index is 357. The Morgan fingerprint density at radius 3 is 2.53 bits per heavy atom. The van der Waals surface area contributed by atoms with Crippen LogP contribution in [0.1, 0.15) is 13.8 Å². The van der Waals surface area contributed by atoms with Gasteiger partial charge in [-0.25, -0.2) is 4.98 Å². The molecule has 0 bridgehead atoms. The summed E-state index contributed by atoms with van der Waals surface area (Å²) in [6.45, 7) is 6.67. The molecule has 1 saturated heterocycles. The standard InChI is InChI=1S/C11H16BrN3/c1-7-5-15(6-8(7)2)11-10(13)3-9(12)4-14-11/h3-4,7-8H,5-6,13H2,1-2H3. The molecular formula is C11H16BrN3. The van der Waals surface area contributed by atoms with Gasteiger partial charge in [-0.15, -0.1) is 0 Å². The average Bonchev–Trinajstić information content (AvgIpc) is 2.46. The van der Waals surface area contributed by atoms with E-state index < -0.39 is 0 Å². The predicted octanol–water partition coefficient (Wildman–Crippen LogP) is 2.52. The number of rotatable bonds is 1. The summed E-state index contributed by atoms with van der Waals surface area (Å²) in [5.74, 6) is 2.36. The summed E-state index contributed by atoms with van der Waals surface area (Å²) in [6, 6.07) is 1.91. The molecule has 1 aromatic heterocycles. The zero-order valence-electron chi connectivity index (χ0n) is 9.07. The lowest BCUT2D eigenvalue weighted by molar-refractivity contribution is 0.494. The van der Waals surface area contributed by atoms with Gasteiger partial charge in [-0.3, -0.25) is 0 Å². The Hall–Kier alpha value is -0.770. The maximum Gasteiger partial charge on any atom is 0.151 e. The summed E-state index contributed by atoms with van der Waals surface area (Å²) < 4.78 is 0.934. The van der Waals surface area contributed by atoms with Crippen molar-refractivity contribution in [2.75, 3.05) is 23.7 Å². The third-order valence-electron chi connectivity index (χ3n) is 3.15. The van der Waals surface area contributed by atoms with Gasteiger partial charge < -0.3 is 10.6 Å². The first-order chi connectivity index (χ1) is 7.08. The Morgan fingerprint density at radius 1 is 1.40 bits per heavy atom. The van der Waals surface area contributed by atoms with E-state index in [1.807, 2.05) is 6.07 Å². The van der Waals surface area contributed by atoms with Gasteiger partial charge in [-0.1, -0.05) is 13.8 Å². The average molecular weight is 270 g/mol. The summed E-state index contributed by atoms with van der Waals surface area (Å²) in [6.07, 6.45) is 1.80. The van der Waals surface area contributed by atoms with Gasteiger partial charge in [0.2, 0.25) is 0 Å². The van der Waals surface area contributed by atoms with Crippen molar-refractivity contribution in [3.05, 3.63) is 16.7 Å². The zero-order valence-corrected chi connectivity index (χ0v) is 10.7. The minimum atomic E-state index is 0.717. The molecule has 0 aromatic carbocycles. The van der Waals surface area contributed by atoms with Gasteiger partial charge in [-0.2, -0.15) is 0 Å². The van der Waals surface area contributed by atoms with E-state index in [0.717, 1.165) is 40.9 Å². The van der Waals surface area contributed by atoms with E-state index in [1.165, 1.54) is 0 Å². The molecule has 2 heterocycles. The van der Waals surface area contributed by atoms with Crippen LogP contribution in [0.3, 0.4) is 0 Å². The highest BCUT2D eigenvalue weighted by Gasteiger charge is 2.27. The number of nitrogen functional groups attached to an aromatic ring is 1. The molecule has 0 radical (unpaired) electrons. The molecule has 4 heteroatoms. The van der Waals surface area contributed by atoms with Gasteiger partial charge in [0.05, 0.1) is 5.69 Å². The number of anilines is 2. The van der Waals surface area contributed by atoms with Crippen LogP contribution in [0.25, 0.3) is 0 Å². The van der Waals surface area contributed by atoms with Crippen molar-refractivity contribution in [3.8, 4) is 0 Å². The number of hydrogen-bond acceptors (Lipinski definition) is 3. The van der Waals surface area contributed by atoms with Gasteiger partial charge in [0.1, 0.15) is 0 Å². The Kier molecular flexibility index (Phi) is 2.87. The Labute approximate surface area is 98.8 Å². The maximum atomic E-state index is 5.96. The molecule has 1 aliphatic rings. The predicted molar refractivity (Wildman–Crippen MR) is 66.9 cm³/mol. The van der Waals surface area contributed by atoms with E-state index in [4.69, 9.17) is 5.73 Å². The molecule has 82 valence electrons. The highest BCUT2D eigenvalue weighted by molar-refractivity contribution is 9.10. The first-order valence-corrected chi connectivity index (χ1v) is 6.03. The molecule has 3 nitrogen and oxygen atoms in total. The summed E-state index contributed by atoms with van der Waals surface area (Å²) in [4.78, 5) is 6.66. The lowest BCUT2D eigenvalue weighted by Crippen LogP contribution is -2.22. The second kappa shape index (κ2) is 4.00. The quantitative estimate of drug-likeness (QED) is 0.852. The van der Waals surface area contributed by atoms with Gasteiger partial charge >= 0.3 is 0 Å². The lowest BCUT2D eigenvalue weighted by Gasteiger charge is -2.18. The van der Waals surface area contributed by atoms with Crippen LogP contribution in [0.4, 0.5) is 11.5 Å². The molecular weight excluding hydrogens is 254 g/mol. The summed E-state index contributed by atoms with van der Waals surface area (Å²) >= 11 is 3.37. The smallest absolute Gasteiger partial charge is 0.151 e. The maximum absolute atomic E-state index is 5.96. The van der Waals surface area contributed by atoms with Crippen molar-refractivity contribution in [1.82, 2.24) is 4.98 Å². The topological polar surface area (TPSA) is 42.2 Å². The van der Waals surface area contributed by atoms with Crippen molar-refractivity contribution in [2.24, 2.45) is 11.8 Å². The Morgan fingerprint density at radius 2 is 2.00 bits per heavy atom. The largest absolute Gasteiger partial charge is 0.396 e. The molecule has 0 amide bonds. The van der Waals surface area contributed by atoms with Crippen molar-refractivity contribution in [3.63, 3.8) is 0 Å². The fraction of sp³-hybridized carbons (Fsp3) is 0.545. The second-order valence-electron chi connectivity index (χ2n) is 4.43. The second-order valence-corrected chi connectivity index (χ2v) is 5.34. The van der Waals surface area contributed by atoms with E-state index in [-0.39, 0.29) is 0 Å². The third-order valence-corrected chi connectivity index (χ3v) is 3.58. The summed E-state index contributed by atoms with van der Waals surface area (Å²) in [5, 5.41) is 0. The molecule has 1 fully saturated rings. The molecule has 0 saturated carbocycles. The van der Waals surface area contributed by atoms with E-state index in [2.05, 4.69) is 39.7 Å². The van der Waals surface area contributed by atoms with Crippen LogP contribution in [0.2, 0.25) is 0 Å². The molecule has 1 aromatic rings. The number of halogens is 1. The molecule has 0 aliphatic carbocycles. The minimum absolute atomic E-state index is 0.717. The van der Waals surface area contributed by atoms with Crippen LogP contribution < -0.4 is 10.6 Å². The molecule has 2 N–H and O–H groups in total. The fourth-order valence-electron chi connectivity index (χ4n) is 2.01. The first-order valence-electron chi connectivity index (χ1n) is 5.24.